The lowest BCUT2D eigenvalue weighted by Crippen LogP contribution is -2.20. The number of rotatable bonds is 4. The lowest BCUT2D eigenvalue weighted by Gasteiger charge is -2.17. The van der Waals surface area contributed by atoms with Crippen molar-refractivity contribution in [1.82, 2.24) is 0 Å². The van der Waals surface area contributed by atoms with Crippen LogP contribution in [0.1, 0.15) is 38.2 Å². The predicted molar refractivity (Wildman–Crippen MR) is 76.8 cm³/mol. The summed E-state index contributed by atoms with van der Waals surface area (Å²) < 4.78 is 0. The molecule has 2 unspecified atom stereocenters. The Bertz CT molecular complexity index is 470. The average molecular weight is 284 g/mol. The summed E-state index contributed by atoms with van der Waals surface area (Å²) in [6.45, 7) is 7.76. The van der Waals surface area contributed by atoms with Crippen molar-refractivity contribution in [3.8, 4) is 0 Å². The summed E-state index contributed by atoms with van der Waals surface area (Å²) in [7, 11) is 0. The molecule has 5 nitrogen and oxygen atoms in total. The quantitative estimate of drug-likeness (QED) is 0.681. The molecule has 1 saturated heterocycles. The minimum atomic E-state index is -0.652. The minimum Gasteiger partial charge on any atom is -0.388 e. The number of anilines is 1. The Balaban J connectivity index is 2.26. The molecule has 0 aliphatic carbocycles. The number of nitro groups is 1. The number of hydrogen-bond acceptors (Lipinski definition) is 5. The first kappa shape index (κ1) is 14.3. The predicted octanol–water partition coefficient (Wildman–Crippen LogP) is 3.19. The molecule has 0 radical (unpaired) electrons. The van der Waals surface area contributed by atoms with Gasteiger partial charge >= 0.3 is 5.69 Å². The smallest absolute Gasteiger partial charge is 0.304 e. The zero-order valence-corrected chi connectivity index (χ0v) is 12.3. The van der Waals surface area contributed by atoms with E-state index in [0.717, 1.165) is 19.5 Å². The van der Waals surface area contributed by atoms with Gasteiger partial charge in [0, 0.05) is 24.0 Å². The number of aliphatic hydroxyl groups excluding tert-OH is 1. The molecule has 106 valence electrons. The summed E-state index contributed by atoms with van der Waals surface area (Å²) >= 11 is 1.34. The Morgan fingerprint density at radius 2 is 2.21 bits per heavy atom. The molecular weight excluding hydrogens is 264 g/mol. The highest BCUT2D eigenvalue weighted by molar-refractivity contribution is 7.16. The maximum absolute atomic E-state index is 11.1. The van der Waals surface area contributed by atoms with Gasteiger partial charge in [-0.1, -0.05) is 13.8 Å². The average Bonchev–Trinajstić information content (AvgIpc) is 2.95. The van der Waals surface area contributed by atoms with Crippen LogP contribution >= 0.6 is 11.3 Å². The van der Waals surface area contributed by atoms with E-state index in [-0.39, 0.29) is 10.6 Å². The third-order valence-corrected chi connectivity index (χ3v) is 5.13. The molecule has 2 heterocycles. The van der Waals surface area contributed by atoms with E-state index in [1.807, 2.05) is 0 Å². The maximum Gasteiger partial charge on any atom is 0.304 e. The van der Waals surface area contributed by atoms with Gasteiger partial charge in [-0.15, -0.1) is 11.3 Å². The van der Waals surface area contributed by atoms with Crippen molar-refractivity contribution in [3.05, 3.63) is 21.1 Å². The van der Waals surface area contributed by atoms with Crippen LogP contribution in [-0.2, 0) is 0 Å². The van der Waals surface area contributed by atoms with E-state index in [0.29, 0.717) is 21.7 Å². The first-order chi connectivity index (χ1) is 8.90. The molecule has 1 aliphatic rings. The fourth-order valence-electron chi connectivity index (χ4n) is 2.47. The first-order valence-electron chi connectivity index (χ1n) is 6.61. The van der Waals surface area contributed by atoms with Gasteiger partial charge in [-0.05, 0) is 25.2 Å². The Morgan fingerprint density at radius 1 is 1.53 bits per heavy atom. The van der Waals surface area contributed by atoms with Gasteiger partial charge in [0.15, 0.2) is 5.00 Å². The largest absolute Gasteiger partial charge is 0.388 e. The molecular formula is C13H20N2O3S. The first-order valence-corrected chi connectivity index (χ1v) is 7.43. The molecule has 6 heteroatoms. The molecule has 1 aliphatic heterocycles. The van der Waals surface area contributed by atoms with E-state index in [2.05, 4.69) is 18.7 Å². The standard InChI is InChI=1S/C13H20N2O3S/c1-8(2)10-4-5-14(7-10)13-11(15(17)18)6-12(19-13)9(3)16/h6,8-10,16H,4-5,7H2,1-3H3. The third-order valence-electron chi connectivity index (χ3n) is 3.78. The summed E-state index contributed by atoms with van der Waals surface area (Å²) in [6.07, 6.45) is 0.428. The molecule has 2 rings (SSSR count). The van der Waals surface area contributed by atoms with Crippen molar-refractivity contribution in [3.63, 3.8) is 0 Å². The normalized spacial score (nSPS) is 21.1. The van der Waals surface area contributed by atoms with Crippen molar-refractivity contribution in [2.24, 2.45) is 11.8 Å². The van der Waals surface area contributed by atoms with E-state index in [1.54, 1.807) is 6.92 Å². The van der Waals surface area contributed by atoms with Crippen LogP contribution in [0.3, 0.4) is 0 Å². The summed E-state index contributed by atoms with van der Waals surface area (Å²) in [5.41, 5.74) is 0.130. The van der Waals surface area contributed by atoms with E-state index in [9.17, 15) is 15.2 Å². The molecule has 0 aromatic carbocycles. The van der Waals surface area contributed by atoms with Gasteiger partial charge in [0.2, 0.25) is 0 Å². The molecule has 1 aromatic heterocycles. The number of aliphatic hydroxyl groups is 1. The highest BCUT2D eigenvalue weighted by Gasteiger charge is 2.31. The lowest BCUT2D eigenvalue weighted by molar-refractivity contribution is -0.383. The van der Waals surface area contributed by atoms with Crippen LogP contribution in [0.25, 0.3) is 0 Å². The maximum atomic E-state index is 11.1. The van der Waals surface area contributed by atoms with Crippen molar-refractivity contribution >= 4 is 22.0 Å². The second-order valence-corrected chi connectivity index (χ2v) is 6.57. The summed E-state index contributed by atoms with van der Waals surface area (Å²) in [5, 5.41) is 21.4. The second-order valence-electron chi connectivity index (χ2n) is 5.51. The van der Waals surface area contributed by atoms with Gasteiger partial charge in [0.25, 0.3) is 0 Å². The van der Waals surface area contributed by atoms with Crippen LogP contribution in [-0.4, -0.2) is 23.1 Å². The Hall–Kier alpha value is -1.14. The van der Waals surface area contributed by atoms with Crippen molar-refractivity contribution in [2.45, 2.75) is 33.3 Å². The molecule has 0 spiro atoms. The lowest BCUT2D eigenvalue weighted by atomic mass is 9.95. The van der Waals surface area contributed by atoms with E-state index < -0.39 is 6.10 Å². The molecule has 19 heavy (non-hydrogen) atoms. The fraction of sp³-hybridized carbons (Fsp3) is 0.692. The highest BCUT2D eigenvalue weighted by Crippen LogP contribution is 2.42. The third kappa shape index (κ3) is 2.90. The van der Waals surface area contributed by atoms with Gasteiger partial charge < -0.3 is 10.0 Å². The monoisotopic (exact) mass is 284 g/mol. The fourth-order valence-corrected chi connectivity index (χ4v) is 3.57. The highest BCUT2D eigenvalue weighted by atomic mass is 32.1. The molecule has 0 bridgehead atoms. The molecule has 1 fully saturated rings. The van der Waals surface area contributed by atoms with E-state index in [1.165, 1.54) is 17.4 Å². The summed E-state index contributed by atoms with van der Waals surface area (Å²) in [4.78, 5) is 13.5. The van der Waals surface area contributed by atoms with Crippen molar-refractivity contribution in [2.75, 3.05) is 18.0 Å². The zero-order chi connectivity index (χ0) is 14.2. The van der Waals surface area contributed by atoms with Crippen molar-refractivity contribution < 1.29 is 10.0 Å². The Kier molecular flexibility index (Phi) is 4.10. The molecule has 0 saturated carbocycles. The summed E-state index contributed by atoms with van der Waals surface area (Å²) in [6, 6.07) is 1.51. The van der Waals surface area contributed by atoms with Crippen LogP contribution in [0.4, 0.5) is 10.7 Å². The Morgan fingerprint density at radius 3 is 2.68 bits per heavy atom. The van der Waals surface area contributed by atoms with E-state index >= 15 is 0 Å². The van der Waals surface area contributed by atoms with Gasteiger partial charge in [-0.2, -0.15) is 0 Å². The molecule has 1 N–H and O–H groups in total. The summed E-state index contributed by atoms with van der Waals surface area (Å²) in [5.74, 6) is 1.19. The van der Waals surface area contributed by atoms with Gasteiger partial charge in [-0.25, -0.2) is 0 Å². The number of nitrogens with zero attached hydrogens (tertiary/aromatic N) is 2. The van der Waals surface area contributed by atoms with E-state index in [4.69, 9.17) is 0 Å². The molecule has 2 atom stereocenters. The van der Waals surface area contributed by atoms with Crippen LogP contribution in [0.2, 0.25) is 0 Å². The van der Waals surface area contributed by atoms with Crippen LogP contribution < -0.4 is 4.90 Å². The molecule has 1 aromatic rings. The second kappa shape index (κ2) is 5.46. The Labute approximate surface area is 117 Å². The van der Waals surface area contributed by atoms with Crippen LogP contribution in [0.15, 0.2) is 6.07 Å². The van der Waals surface area contributed by atoms with Crippen LogP contribution in [0.5, 0.6) is 0 Å². The van der Waals surface area contributed by atoms with Gasteiger partial charge in [-0.3, -0.25) is 10.1 Å². The van der Waals surface area contributed by atoms with Gasteiger partial charge in [0.1, 0.15) is 0 Å². The topological polar surface area (TPSA) is 66.6 Å². The molecule has 0 amide bonds. The minimum absolute atomic E-state index is 0.130. The number of thiophene rings is 1. The van der Waals surface area contributed by atoms with Crippen molar-refractivity contribution in [1.29, 1.82) is 0 Å². The van der Waals surface area contributed by atoms with Gasteiger partial charge in [0.05, 0.1) is 11.0 Å². The number of hydrogen-bond donors (Lipinski definition) is 1. The SMILES string of the molecule is CC(O)c1cc([N+](=O)[O-])c(N2CCC(C(C)C)C2)s1. The zero-order valence-electron chi connectivity index (χ0n) is 11.5. The van der Waals surface area contributed by atoms with Crippen LogP contribution in [0, 0.1) is 22.0 Å².